The van der Waals surface area contributed by atoms with Crippen molar-refractivity contribution in [1.82, 2.24) is 5.32 Å². The Balaban J connectivity index is 1.65. The third kappa shape index (κ3) is 4.46. The maximum atomic E-state index is 13.3. The Morgan fingerprint density at radius 1 is 1.19 bits per heavy atom. The summed E-state index contributed by atoms with van der Waals surface area (Å²) in [6, 6.07) is 12.5. The first-order chi connectivity index (χ1) is 12.5. The second kappa shape index (κ2) is 8.10. The number of amides is 2. The summed E-state index contributed by atoms with van der Waals surface area (Å²) < 4.78 is 18.7. The lowest BCUT2D eigenvalue weighted by atomic mass is 10.1. The van der Waals surface area contributed by atoms with Crippen molar-refractivity contribution in [3.63, 3.8) is 0 Å². The molecule has 2 amide bonds. The van der Waals surface area contributed by atoms with Crippen LogP contribution in [-0.2, 0) is 9.53 Å². The van der Waals surface area contributed by atoms with Crippen LogP contribution in [0.25, 0.3) is 0 Å². The van der Waals surface area contributed by atoms with Gasteiger partial charge in [-0.25, -0.2) is 4.39 Å². The van der Waals surface area contributed by atoms with Gasteiger partial charge in [-0.3, -0.25) is 9.59 Å². The predicted molar refractivity (Wildman–Crippen MR) is 96.3 cm³/mol. The summed E-state index contributed by atoms with van der Waals surface area (Å²) in [6.07, 6.45) is 1.15. The minimum Gasteiger partial charge on any atom is -0.368 e. The quantitative estimate of drug-likeness (QED) is 0.862. The fraction of sp³-hybridized carbons (Fsp3) is 0.300. The summed E-state index contributed by atoms with van der Waals surface area (Å²) in [4.78, 5) is 24.6. The van der Waals surface area contributed by atoms with Crippen molar-refractivity contribution in [1.29, 1.82) is 0 Å². The monoisotopic (exact) mass is 356 g/mol. The predicted octanol–water partition coefficient (Wildman–Crippen LogP) is 3.43. The highest BCUT2D eigenvalue weighted by molar-refractivity contribution is 5.98. The molecule has 136 valence electrons. The first kappa shape index (κ1) is 18.1. The number of halogens is 1. The van der Waals surface area contributed by atoms with Crippen LogP contribution < -0.4 is 10.6 Å². The van der Waals surface area contributed by atoms with Crippen molar-refractivity contribution < 1.29 is 18.7 Å². The summed E-state index contributed by atoms with van der Waals surface area (Å²) in [6.45, 7) is 2.38. The van der Waals surface area contributed by atoms with Crippen LogP contribution in [0.3, 0.4) is 0 Å². The van der Waals surface area contributed by atoms with Gasteiger partial charge in [-0.2, -0.15) is 0 Å². The van der Waals surface area contributed by atoms with Crippen LogP contribution in [0.1, 0.15) is 41.7 Å². The third-order valence-electron chi connectivity index (χ3n) is 4.31. The van der Waals surface area contributed by atoms with Gasteiger partial charge in [0.25, 0.3) is 11.8 Å². The summed E-state index contributed by atoms with van der Waals surface area (Å²) in [5.41, 5.74) is 1.64. The maximum Gasteiger partial charge on any atom is 0.253 e. The van der Waals surface area contributed by atoms with Gasteiger partial charge in [0.05, 0.1) is 6.04 Å². The zero-order valence-corrected chi connectivity index (χ0v) is 14.5. The average molecular weight is 356 g/mol. The van der Waals surface area contributed by atoms with Gasteiger partial charge in [-0.1, -0.05) is 18.2 Å². The van der Waals surface area contributed by atoms with Gasteiger partial charge in [-0.15, -0.1) is 0 Å². The lowest BCUT2D eigenvalue weighted by Crippen LogP contribution is -2.28. The molecule has 5 nitrogen and oxygen atoms in total. The third-order valence-corrected chi connectivity index (χ3v) is 4.31. The summed E-state index contributed by atoms with van der Waals surface area (Å²) in [7, 11) is 0. The largest absolute Gasteiger partial charge is 0.368 e. The van der Waals surface area contributed by atoms with Crippen LogP contribution in [0, 0.1) is 5.82 Å². The van der Waals surface area contributed by atoms with Crippen molar-refractivity contribution in [2.45, 2.75) is 31.9 Å². The van der Waals surface area contributed by atoms with E-state index in [4.69, 9.17) is 4.74 Å². The standard InChI is InChI=1S/C20H21FN2O3/c1-13(14-5-2-7-16(21)11-14)22-19(24)15-6-3-8-17(12-15)23-20(25)18-9-4-10-26-18/h2-3,5-8,11-13,18H,4,9-10H2,1H3,(H,22,24)(H,23,25)/t13-,18+/m0/s1. The molecule has 0 bridgehead atoms. The molecule has 2 aromatic carbocycles. The molecule has 0 unspecified atom stereocenters. The van der Waals surface area contributed by atoms with E-state index >= 15 is 0 Å². The zero-order chi connectivity index (χ0) is 18.5. The number of hydrogen-bond acceptors (Lipinski definition) is 3. The highest BCUT2D eigenvalue weighted by Gasteiger charge is 2.23. The molecule has 3 rings (SSSR count). The minimum atomic E-state index is -0.430. The highest BCUT2D eigenvalue weighted by atomic mass is 19.1. The number of benzene rings is 2. The molecule has 2 N–H and O–H groups in total. The first-order valence-electron chi connectivity index (χ1n) is 8.62. The van der Waals surface area contributed by atoms with E-state index in [0.717, 1.165) is 6.42 Å². The molecular formula is C20H21FN2O3. The van der Waals surface area contributed by atoms with Crippen LogP contribution in [0.15, 0.2) is 48.5 Å². The van der Waals surface area contributed by atoms with Gasteiger partial charge in [-0.05, 0) is 55.7 Å². The number of ether oxygens (including phenoxy) is 1. The van der Waals surface area contributed by atoms with Crippen LogP contribution in [0.2, 0.25) is 0 Å². The van der Waals surface area contributed by atoms with Crippen molar-refractivity contribution >= 4 is 17.5 Å². The van der Waals surface area contributed by atoms with Crippen molar-refractivity contribution in [2.75, 3.05) is 11.9 Å². The van der Waals surface area contributed by atoms with E-state index in [2.05, 4.69) is 10.6 Å². The fourth-order valence-corrected chi connectivity index (χ4v) is 2.88. The molecule has 0 aliphatic carbocycles. The summed E-state index contributed by atoms with van der Waals surface area (Å²) in [5.74, 6) is -0.842. The molecule has 1 fully saturated rings. The Morgan fingerprint density at radius 3 is 2.73 bits per heavy atom. The molecule has 1 aliphatic heterocycles. The number of nitrogens with one attached hydrogen (secondary N) is 2. The van der Waals surface area contributed by atoms with Crippen LogP contribution in [-0.4, -0.2) is 24.5 Å². The van der Waals surface area contributed by atoms with E-state index in [1.165, 1.54) is 12.1 Å². The molecule has 1 heterocycles. The molecule has 26 heavy (non-hydrogen) atoms. The molecular weight excluding hydrogens is 335 g/mol. The number of carbonyl (C=O) groups is 2. The van der Waals surface area contributed by atoms with E-state index in [9.17, 15) is 14.0 Å². The van der Waals surface area contributed by atoms with Crippen LogP contribution in [0.5, 0.6) is 0 Å². The van der Waals surface area contributed by atoms with Gasteiger partial charge in [0, 0.05) is 17.9 Å². The van der Waals surface area contributed by atoms with E-state index in [1.54, 1.807) is 43.3 Å². The van der Waals surface area contributed by atoms with E-state index in [1.807, 2.05) is 0 Å². The number of hydrogen-bond donors (Lipinski definition) is 2. The molecule has 1 saturated heterocycles. The maximum absolute atomic E-state index is 13.3. The SMILES string of the molecule is C[C@H](NC(=O)c1cccc(NC(=O)[C@H]2CCCO2)c1)c1cccc(F)c1. The Bertz CT molecular complexity index is 803. The Labute approximate surface area is 151 Å². The van der Waals surface area contributed by atoms with Crippen molar-refractivity contribution in [3.05, 3.63) is 65.5 Å². The molecule has 0 saturated carbocycles. The normalized spacial score (nSPS) is 17.5. The first-order valence-corrected chi connectivity index (χ1v) is 8.62. The van der Waals surface area contributed by atoms with Gasteiger partial charge in [0.1, 0.15) is 11.9 Å². The number of anilines is 1. The van der Waals surface area contributed by atoms with Crippen molar-refractivity contribution in [2.24, 2.45) is 0 Å². The Kier molecular flexibility index (Phi) is 5.63. The summed E-state index contributed by atoms with van der Waals surface area (Å²) in [5, 5.41) is 5.61. The van der Waals surface area contributed by atoms with E-state index in [0.29, 0.717) is 29.8 Å². The Hall–Kier alpha value is -2.73. The van der Waals surface area contributed by atoms with Crippen molar-refractivity contribution in [3.8, 4) is 0 Å². The molecule has 0 spiro atoms. The average Bonchev–Trinajstić information content (AvgIpc) is 3.16. The van der Waals surface area contributed by atoms with Gasteiger partial charge < -0.3 is 15.4 Å². The Morgan fingerprint density at radius 2 is 2.00 bits per heavy atom. The molecule has 0 radical (unpaired) electrons. The van der Waals surface area contributed by atoms with Gasteiger partial charge >= 0.3 is 0 Å². The van der Waals surface area contributed by atoms with Crippen LogP contribution >= 0.6 is 0 Å². The second-order valence-electron chi connectivity index (χ2n) is 6.32. The smallest absolute Gasteiger partial charge is 0.253 e. The zero-order valence-electron chi connectivity index (χ0n) is 14.5. The number of rotatable bonds is 5. The van der Waals surface area contributed by atoms with E-state index in [-0.39, 0.29) is 23.7 Å². The second-order valence-corrected chi connectivity index (χ2v) is 6.32. The molecule has 2 aromatic rings. The molecule has 1 aliphatic rings. The minimum absolute atomic E-state index is 0.201. The highest BCUT2D eigenvalue weighted by Crippen LogP contribution is 2.18. The van der Waals surface area contributed by atoms with Gasteiger partial charge in [0.15, 0.2) is 0 Å². The number of carbonyl (C=O) groups excluding carboxylic acids is 2. The molecule has 2 atom stereocenters. The van der Waals surface area contributed by atoms with Crippen LogP contribution in [0.4, 0.5) is 10.1 Å². The topological polar surface area (TPSA) is 67.4 Å². The van der Waals surface area contributed by atoms with E-state index < -0.39 is 6.10 Å². The lowest BCUT2D eigenvalue weighted by molar-refractivity contribution is -0.124. The summed E-state index contributed by atoms with van der Waals surface area (Å²) >= 11 is 0. The fourth-order valence-electron chi connectivity index (χ4n) is 2.88. The molecule has 6 heteroatoms. The lowest BCUT2D eigenvalue weighted by Gasteiger charge is -2.15. The molecule has 0 aromatic heterocycles. The van der Waals surface area contributed by atoms with Gasteiger partial charge in [0.2, 0.25) is 0 Å².